The Kier molecular flexibility index (Phi) is 3.12. The molecule has 1 aliphatic rings. The zero-order valence-electron chi connectivity index (χ0n) is 9.19. The molecule has 1 aliphatic carbocycles. The van der Waals surface area contributed by atoms with Crippen molar-refractivity contribution >= 4 is 0 Å². The van der Waals surface area contributed by atoms with Gasteiger partial charge in [0.1, 0.15) is 11.6 Å². The lowest BCUT2D eigenvalue weighted by molar-refractivity contribution is 0.121. The van der Waals surface area contributed by atoms with E-state index in [0.29, 0.717) is 11.3 Å². The third-order valence-corrected chi connectivity index (χ3v) is 3.04. The van der Waals surface area contributed by atoms with Gasteiger partial charge in [0.15, 0.2) is 0 Å². The summed E-state index contributed by atoms with van der Waals surface area (Å²) in [6, 6.07) is 3.86. The number of aliphatic hydroxyl groups is 1. The molecule has 4 heteroatoms. The van der Waals surface area contributed by atoms with Gasteiger partial charge >= 0.3 is 0 Å². The molecule has 0 unspecified atom stereocenters. The Bertz CT molecular complexity index is 379. The van der Waals surface area contributed by atoms with Gasteiger partial charge in [0, 0.05) is 11.6 Å². The second-order valence-corrected chi connectivity index (χ2v) is 4.24. The molecule has 1 saturated carbocycles. The van der Waals surface area contributed by atoms with Crippen LogP contribution in [-0.2, 0) is 0 Å². The highest BCUT2D eigenvalue weighted by Gasteiger charge is 2.35. The van der Waals surface area contributed by atoms with E-state index >= 15 is 0 Å². The van der Waals surface area contributed by atoms with E-state index in [2.05, 4.69) is 0 Å². The second-order valence-electron chi connectivity index (χ2n) is 4.24. The number of ether oxygens (including phenoxy) is 1. The normalized spacial score (nSPS) is 19.2. The quantitative estimate of drug-likeness (QED) is 0.818. The van der Waals surface area contributed by atoms with Crippen molar-refractivity contribution in [3.8, 4) is 5.75 Å². The largest absolute Gasteiger partial charge is 0.497 e. The first kappa shape index (κ1) is 11.4. The third kappa shape index (κ3) is 2.18. The predicted octanol–water partition coefficient (Wildman–Crippen LogP) is 1.60. The molecule has 0 aliphatic heterocycles. The number of hydrogen-bond acceptors (Lipinski definition) is 3. The highest BCUT2D eigenvalue weighted by Crippen LogP contribution is 2.37. The fraction of sp³-hybridized carbons (Fsp3) is 0.500. The molecule has 88 valence electrons. The summed E-state index contributed by atoms with van der Waals surface area (Å²) in [6.07, 6.45) is 1.31. The molecular weight excluding hydrogens is 209 g/mol. The first-order chi connectivity index (χ1) is 7.63. The van der Waals surface area contributed by atoms with E-state index in [1.54, 1.807) is 12.1 Å². The van der Waals surface area contributed by atoms with Crippen molar-refractivity contribution in [1.29, 1.82) is 0 Å². The summed E-state index contributed by atoms with van der Waals surface area (Å²) in [5.41, 5.74) is 6.19. The number of aliphatic hydroxyl groups excluding tert-OH is 1. The van der Waals surface area contributed by atoms with Gasteiger partial charge in [-0.25, -0.2) is 4.39 Å². The van der Waals surface area contributed by atoms with Crippen LogP contribution in [0.25, 0.3) is 0 Å². The van der Waals surface area contributed by atoms with Crippen molar-refractivity contribution in [2.75, 3.05) is 7.11 Å². The molecular formula is C12H16FNO2. The Hall–Kier alpha value is -1.13. The minimum Gasteiger partial charge on any atom is -0.497 e. The average Bonchev–Trinajstić information content (AvgIpc) is 3.10. The van der Waals surface area contributed by atoms with Crippen molar-refractivity contribution in [2.24, 2.45) is 11.7 Å². The number of hydrogen-bond donors (Lipinski definition) is 2. The summed E-state index contributed by atoms with van der Waals surface area (Å²) < 4.78 is 18.6. The molecule has 0 amide bonds. The smallest absolute Gasteiger partial charge is 0.131 e. The van der Waals surface area contributed by atoms with Crippen LogP contribution in [0.1, 0.15) is 24.4 Å². The van der Waals surface area contributed by atoms with Crippen LogP contribution in [0.3, 0.4) is 0 Å². The molecule has 0 spiro atoms. The van der Waals surface area contributed by atoms with E-state index in [1.165, 1.54) is 13.2 Å². The fourth-order valence-corrected chi connectivity index (χ4v) is 1.82. The van der Waals surface area contributed by atoms with Gasteiger partial charge in [-0.2, -0.15) is 0 Å². The summed E-state index contributed by atoms with van der Waals surface area (Å²) in [5, 5.41) is 9.84. The summed E-state index contributed by atoms with van der Waals surface area (Å²) in [6.45, 7) is 0. The van der Waals surface area contributed by atoms with Crippen molar-refractivity contribution in [3.05, 3.63) is 29.6 Å². The molecule has 0 aromatic heterocycles. The molecule has 1 aromatic rings. The molecule has 0 heterocycles. The summed E-state index contributed by atoms with van der Waals surface area (Å²) in [4.78, 5) is 0. The monoisotopic (exact) mass is 225 g/mol. The molecule has 16 heavy (non-hydrogen) atoms. The van der Waals surface area contributed by atoms with Crippen molar-refractivity contribution in [1.82, 2.24) is 0 Å². The first-order valence-corrected chi connectivity index (χ1v) is 5.40. The van der Waals surface area contributed by atoms with Gasteiger partial charge in [0.05, 0.1) is 19.3 Å². The van der Waals surface area contributed by atoms with Crippen LogP contribution in [0, 0.1) is 11.7 Å². The van der Waals surface area contributed by atoms with Gasteiger partial charge in [0.25, 0.3) is 0 Å². The third-order valence-electron chi connectivity index (χ3n) is 3.04. The van der Waals surface area contributed by atoms with Gasteiger partial charge in [-0.1, -0.05) is 6.07 Å². The molecule has 1 fully saturated rings. The molecule has 1 aromatic carbocycles. The predicted molar refractivity (Wildman–Crippen MR) is 58.6 cm³/mol. The number of rotatable bonds is 4. The maximum Gasteiger partial charge on any atom is 0.131 e. The minimum atomic E-state index is -0.654. The SMILES string of the molecule is COc1ccc([C@@H](N)[C@@H](O)C2CC2)c(F)c1. The molecule has 2 rings (SSSR count). The summed E-state index contributed by atoms with van der Waals surface area (Å²) in [7, 11) is 1.48. The van der Waals surface area contributed by atoms with Crippen molar-refractivity contribution < 1.29 is 14.2 Å². The van der Waals surface area contributed by atoms with Crippen LogP contribution in [0.4, 0.5) is 4.39 Å². The average molecular weight is 225 g/mol. The van der Waals surface area contributed by atoms with Gasteiger partial charge in [-0.15, -0.1) is 0 Å². The van der Waals surface area contributed by atoms with E-state index in [4.69, 9.17) is 10.5 Å². The van der Waals surface area contributed by atoms with Crippen LogP contribution in [0.5, 0.6) is 5.75 Å². The van der Waals surface area contributed by atoms with Gasteiger partial charge in [-0.05, 0) is 24.8 Å². The lowest BCUT2D eigenvalue weighted by Gasteiger charge is -2.19. The van der Waals surface area contributed by atoms with Crippen LogP contribution < -0.4 is 10.5 Å². The number of benzene rings is 1. The topological polar surface area (TPSA) is 55.5 Å². The Labute approximate surface area is 94.0 Å². The molecule has 2 atom stereocenters. The Morgan fingerprint density at radius 2 is 2.19 bits per heavy atom. The van der Waals surface area contributed by atoms with Crippen LogP contribution in [0.15, 0.2) is 18.2 Å². The Morgan fingerprint density at radius 3 is 2.69 bits per heavy atom. The highest BCUT2D eigenvalue weighted by atomic mass is 19.1. The molecule has 0 saturated heterocycles. The lowest BCUT2D eigenvalue weighted by atomic mass is 9.98. The zero-order chi connectivity index (χ0) is 11.7. The van der Waals surface area contributed by atoms with E-state index in [1.807, 2.05) is 0 Å². The Morgan fingerprint density at radius 1 is 1.50 bits per heavy atom. The maximum atomic E-state index is 13.7. The first-order valence-electron chi connectivity index (χ1n) is 5.40. The van der Waals surface area contributed by atoms with Gasteiger partial charge in [0.2, 0.25) is 0 Å². The zero-order valence-corrected chi connectivity index (χ0v) is 9.19. The lowest BCUT2D eigenvalue weighted by Crippen LogP contribution is -2.28. The van der Waals surface area contributed by atoms with E-state index in [-0.39, 0.29) is 5.92 Å². The fourth-order valence-electron chi connectivity index (χ4n) is 1.82. The van der Waals surface area contributed by atoms with Crippen molar-refractivity contribution in [2.45, 2.75) is 25.0 Å². The van der Waals surface area contributed by atoms with Crippen LogP contribution >= 0.6 is 0 Å². The van der Waals surface area contributed by atoms with E-state index in [9.17, 15) is 9.50 Å². The Balaban J connectivity index is 2.18. The van der Waals surface area contributed by atoms with Crippen molar-refractivity contribution in [3.63, 3.8) is 0 Å². The van der Waals surface area contributed by atoms with Crippen LogP contribution in [0.2, 0.25) is 0 Å². The van der Waals surface area contributed by atoms with E-state index in [0.717, 1.165) is 12.8 Å². The molecule has 0 bridgehead atoms. The summed E-state index contributed by atoms with van der Waals surface area (Å²) >= 11 is 0. The molecule has 3 N–H and O–H groups in total. The standard InChI is InChI=1S/C12H16FNO2/c1-16-8-4-5-9(10(13)6-8)11(14)12(15)7-2-3-7/h4-7,11-12,15H,2-3,14H2,1H3/t11-,12+/m1/s1. The number of methoxy groups -OCH3 is 1. The number of halogens is 1. The second kappa shape index (κ2) is 4.39. The van der Waals surface area contributed by atoms with Crippen LogP contribution in [-0.4, -0.2) is 18.3 Å². The van der Waals surface area contributed by atoms with Gasteiger partial charge in [-0.3, -0.25) is 0 Å². The molecule has 0 radical (unpaired) electrons. The van der Waals surface area contributed by atoms with E-state index < -0.39 is 18.0 Å². The van der Waals surface area contributed by atoms with Gasteiger partial charge < -0.3 is 15.6 Å². The summed E-state index contributed by atoms with van der Waals surface area (Å²) in [5.74, 6) is 0.261. The maximum absolute atomic E-state index is 13.7. The highest BCUT2D eigenvalue weighted by molar-refractivity contribution is 5.31. The minimum absolute atomic E-state index is 0.233. The number of nitrogens with two attached hydrogens (primary N) is 1. The molecule has 3 nitrogen and oxygen atoms in total.